The molecule has 0 radical (unpaired) electrons. The number of halogens is 1. The number of hydrogen-bond acceptors (Lipinski definition) is 3. The monoisotopic (exact) mass is 331 g/mol. The molecule has 2 heterocycles. The zero-order valence-electron chi connectivity index (χ0n) is 12.8. The highest BCUT2D eigenvalue weighted by Crippen LogP contribution is 2.24. The molecular formula is C16H18ClN5O. The molecule has 0 saturated heterocycles. The number of amides is 2. The van der Waals surface area contributed by atoms with Crippen LogP contribution in [0.2, 0.25) is 5.02 Å². The van der Waals surface area contributed by atoms with Gasteiger partial charge in [-0.2, -0.15) is 5.10 Å². The van der Waals surface area contributed by atoms with Gasteiger partial charge in [0, 0.05) is 12.2 Å². The van der Waals surface area contributed by atoms with Gasteiger partial charge in [-0.15, -0.1) is 0 Å². The van der Waals surface area contributed by atoms with Crippen molar-refractivity contribution < 1.29 is 4.79 Å². The van der Waals surface area contributed by atoms with Crippen molar-refractivity contribution in [2.45, 2.75) is 25.8 Å². The molecule has 2 aromatic rings. The largest absolute Gasteiger partial charge is 0.322 e. The highest BCUT2D eigenvalue weighted by atomic mass is 35.5. The summed E-state index contributed by atoms with van der Waals surface area (Å²) >= 11 is 6.28. The molecule has 1 aromatic carbocycles. The van der Waals surface area contributed by atoms with Crippen LogP contribution in [0.5, 0.6) is 0 Å². The molecule has 1 N–H and O–H groups in total. The molecule has 2 amide bonds. The zero-order chi connectivity index (χ0) is 16.2. The summed E-state index contributed by atoms with van der Waals surface area (Å²) < 4.78 is 1.58. The summed E-state index contributed by atoms with van der Waals surface area (Å²) in [4.78, 5) is 18.1. The molecule has 6 nitrogen and oxygen atoms in total. The highest BCUT2D eigenvalue weighted by Gasteiger charge is 2.24. The third kappa shape index (κ3) is 3.37. The fourth-order valence-corrected chi connectivity index (χ4v) is 2.92. The van der Waals surface area contributed by atoms with E-state index in [9.17, 15) is 4.79 Å². The predicted molar refractivity (Wildman–Crippen MR) is 89.9 cm³/mol. The number of nitrogens with one attached hydrogen (secondary N) is 1. The van der Waals surface area contributed by atoms with Crippen molar-refractivity contribution in [3.05, 3.63) is 48.0 Å². The van der Waals surface area contributed by atoms with Crippen LogP contribution in [0.3, 0.4) is 0 Å². The van der Waals surface area contributed by atoms with Crippen LogP contribution >= 0.6 is 11.6 Å². The van der Waals surface area contributed by atoms with E-state index < -0.39 is 0 Å². The first kappa shape index (κ1) is 15.6. The van der Waals surface area contributed by atoms with Crippen molar-refractivity contribution in [2.75, 3.05) is 11.9 Å². The molecule has 0 unspecified atom stereocenters. The Balaban J connectivity index is 1.71. The van der Waals surface area contributed by atoms with Crippen LogP contribution < -0.4 is 5.32 Å². The Morgan fingerprint density at radius 1 is 1.48 bits per heavy atom. The Bertz CT molecular complexity index is 713. The number of carbonyl (C=O) groups excluding carboxylic acids is 1. The molecule has 7 heteroatoms. The number of hydrogen-bond donors (Lipinski definition) is 1. The molecule has 120 valence electrons. The molecule has 3 rings (SSSR count). The van der Waals surface area contributed by atoms with Crippen LogP contribution in [0.1, 0.15) is 19.8 Å². The molecule has 0 fully saturated rings. The lowest BCUT2D eigenvalue weighted by molar-refractivity contribution is 0.208. The number of anilines is 1. The maximum absolute atomic E-state index is 12.4. The van der Waals surface area contributed by atoms with Crippen molar-refractivity contribution in [1.82, 2.24) is 19.7 Å². The van der Waals surface area contributed by atoms with Crippen LogP contribution in [0.15, 0.2) is 43.0 Å². The lowest BCUT2D eigenvalue weighted by Crippen LogP contribution is -2.39. The Morgan fingerprint density at radius 3 is 3.04 bits per heavy atom. The van der Waals surface area contributed by atoms with Gasteiger partial charge in [-0.1, -0.05) is 37.1 Å². The first-order chi connectivity index (χ1) is 11.2. The van der Waals surface area contributed by atoms with E-state index in [1.807, 2.05) is 11.0 Å². The minimum absolute atomic E-state index is 0.113. The van der Waals surface area contributed by atoms with E-state index in [4.69, 9.17) is 11.6 Å². The lowest BCUT2D eigenvalue weighted by Gasteiger charge is -2.24. The maximum atomic E-state index is 12.4. The molecule has 0 spiro atoms. The van der Waals surface area contributed by atoms with Crippen LogP contribution in [0.25, 0.3) is 5.69 Å². The first-order valence-electron chi connectivity index (χ1n) is 7.58. The second-order valence-corrected chi connectivity index (χ2v) is 5.78. The third-order valence-electron chi connectivity index (χ3n) is 3.77. The summed E-state index contributed by atoms with van der Waals surface area (Å²) in [5.41, 5.74) is 1.37. The van der Waals surface area contributed by atoms with Crippen LogP contribution in [-0.2, 0) is 0 Å². The van der Waals surface area contributed by atoms with Gasteiger partial charge in [-0.3, -0.25) is 0 Å². The molecule has 1 aliphatic heterocycles. The lowest BCUT2D eigenvalue weighted by atomic mass is 10.2. The number of aromatic nitrogens is 3. The third-order valence-corrected chi connectivity index (χ3v) is 4.07. The Morgan fingerprint density at radius 2 is 2.35 bits per heavy atom. The highest BCUT2D eigenvalue weighted by molar-refractivity contribution is 6.32. The van der Waals surface area contributed by atoms with Gasteiger partial charge in [0.05, 0.1) is 16.8 Å². The van der Waals surface area contributed by atoms with E-state index in [-0.39, 0.29) is 12.1 Å². The van der Waals surface area contributed by atoms with E-state index >= 15 is 0 Å². The summed E-state index contributed by atoms with van der Waals surface area (Å²) in [7, 11) is 0. The fourth-order valence-electron chi connectivity index (χ4n) is 2.65. The van der Waals surface area contributed by atoms with Crippen molar-refractivity contribution in [2.24, 2.45) is 0 Å². The van der Waals surface area contributed by atoms with Gasteiger partial charge in [0.15, 0.2) is 0 Å². The molecule has 1 atom stereocenters. The standard InChI is InChI=1S/C16H18ClN5O/c1-2-4-13-5-3-8-21(13)16(23)20-12-6-7-15(14(17)9-12)22-11-18-10-19-22/h3,5-7,9-11,13H,2,4,8H2,1H3,(H,20,23)/t13-/m0/s1. The normalized spacial score (nSPS) is 16.8. The summed E-state index contributed by atoms with van der Waals surface area (Å²) in [6.07, 6.45) is 9.14. The second-order valence-electron chi connectivity index (χ2n) is 5.37. The maximum Gasteiger partial charge on any atom is 0.322 e. The van der Waals surface area contributed by atoms with E-state index in [1.54, 1.807) is 29.2 Å². The van der Waals surface area contributed by atoms with Crippen LogP contribution in [0, 0.1) is 0 Å². The Hall–Kier alpha value is -2.34. The van der Waals surface area contributed by atoms with Crippen molar-refractivity contribution in [3.8, 4) is 5.69 Å². The average molecular weight is 332 g/mol. The minimum atomic E-state index is -0.113. The topological polar surface area (TPSA) is 63.1 Å². The van der Waals surface area contributed by atoms with Crippen LogP contribution in [-0.4, -0.2) is 38.3 Å². The van der Waals surface area contributed by atoms with Crippen LogP contribution in [0.4, 0.5) is 10.5 Å². The summed E-state index contributed by atoms with van der Waals surface area (Å²) in [5.74, 6) is 0. The summed E-state index contributed by atoms with van der Waals surface area (Å²) in [5, 5.41) is 7.45. The van der Waals surface area contributed by atoms with Gasteiger partial charge in [0.2, 0.25) is 0 Å². The minimum Gasteiger partial charge on any atom is -0.314 e. The van der Waals surface area contributed by atoms with Crippen molar-refractivity contribution >= 4 is 23.3 Å². The molecular weight excluding hydrogens is 314 g/mol. The SMILES string of the molecule is CCC[C@H]1C=CCN1C(=O)Nc1ccc(-n2cncn2)c(Cl)c1. The quantitative estimate of drug-likeness (QED) is 0.872. The van der Waals surface area contributed by atoms with Gasteiger partial charge < -0.3 is 10.2 Å². The number of urea groups is 1. The van der Waals surface area contributed by atoms with E-state index in [0.717, 1.165) is 12.8 Å². The van der Waals surface area contributed by atoms with Gasteiger partial charge in [0.25, 0.3) is 0 Å². The summed E-state index contributed by atoms with van der Waals surface area (Å²) in [6, 6.07) is 5.38. The fraction of sp³-hybridized carbons (Fsp3) is 0.312. The van der Waals surface area contributed by atoms with E-state index in [0.29, 0.717) is 22.9 Å². The molecule has 1 aromatic heterocycles. The Labute approximate surface area is 139 Å². The number of rotatable bonds is 4. The van der Waals surface area contributed by atoms with Gasteiger partial charge in [0.1, 0.15) is 12.7 Å². The molecule has 0 bridgehead atoms. The second kappa shape index (κ2) is 6.83. The van der Waals surface area contributed by atoms with Crippen molar-refractivity contribution in [3.63, 3.8) is 0 Å². The number of carbonyl (C=O) groups is 1. The van der Waals surface area contributed by atoms with E-state index in [2.05, 4.69) is 28.4 Å². The molecule has 23 heavy (non-hydrogen) atoms. The molecule has 0 aliphatic carbocycles. The predicted octanol–water partition coefficient (Wildman–Crippen LogP) is 3.49. The number of benzene rings is 1. The van der Waals surface area contributed by atoms with Crippen molar-refractivity contribution in [1.29, 1.82) is 0 Å². The first-order valence-corrected chi connectivity index (χ1v) is 7.95. The molecule has 1 aliphatic rings. The molecule has 0 saturated carbocycles. The zero-order valence-corrected chi connectivity index (χ0v) is 13.6. The average Bonchev–Trinajstić information content (AvgIpc) is 3.19. The van der Waals surface area contributed by atoms with Gasteiger partial charge >= 0.3 is 6.03 Å². The van der Waals surface area contributed by atoms with E-state index in [1.165, 1.54) is 6.33 Å². The summed E-state index contributed by atoms with van der Waals surface area (Å²) in [6.45, 7) is 2.76. The van der Waals surface area contributed by atoms with Gasteiger partial charge in [-0.25, -0.2) is 14.5 Å². The van der Waals surface area contributed by atoms with Gasteiger partial charge in [-0.05, 0) is 24.6 Å². The number of nitrogens with zero attached hydrogens (tertiary/aromatic N) is 4. The smallest absolute Gasteiger partial charge is 0.314 e. The Kier molecular flexibility index (Phi) is 4.62.